The lowest BCUT2D eigenvalue weighted by atomic mass is 10.1. The molecule has 1 unspecified atom stereocenters. The Morgan fingerprint density at radius 1 is 1.13 bits per heavy atom. The number of fused-ring (bicyclic) bond motifs is 1. The van der Waals surface area contributed by atoms with E-state index in [2.05, 4.69) is 5.32 Å². The van der Waals surface area contributed by atoms with Crippen molar-refractivity contribution in [2.45, 2.75) is 26.3 Å². The van der Waals surface area contributed by atoms with Gasteiger partial charge in [-0.05, 0) is 61.6 Å². The molecule has 156 valence electrons. The van der Waals surface area contributed by atoms with E-state index in [0.717, 1.165) is 11.1 Å². The number of benzene rings is 2. The maximum Gasteiger partial charge on any atom is 0.326 e. The van der Waals surface area contributed by atoms with Crippen molar-refractivity contribution in [3.05, 3.63) is 69.4 Å². The quantitative estimate of drug-likeness (QED) is 0.594. The summed E-state index contributed by atoms with van der Waals surface area (Å²) < 4.78 is 5.97. The van der Waals surface area contributed by atoms with Gasteiger partial charge in [-0.2, -0.15) is 11.8 Å². The minimum absolute atomic E-state index is 0.127. The van der Waals surface area contributed by atoms with Crippen molar-refractivity contribution >= 4 is 34.6 Å². The Labute approximate surface area is 178 Å². The smallest absolute Gasteiger partial charge is 0.326 e. The highest BCUT2D eigenvalue weighted by Crippen LogP contribution is 2.25. The van der Waals surface area contributed by atoms with E-state index in [0.29, 0.717) is 40.0 Å². The van der Waals surface area contributed by atoms with Gasteiger partial charge in [-0.3, -0.25) is 9.59 Å². The molecule has 0 saturated carbocycles. The zero-order valence-corrected chi connectivity index (χ0v) is 17.8. The summed E-state index contributed by atoms with van der Waals surface area (Å²) in [5.41, 5.74) is 3.28. The number of nitrogens with one attached hydrogen (secondary N) is 1. The molecule has 0 aliphatic heterocycles. The van der Waals surface area contributed by atoms with Crippen molar-refractivity contribution in [2.75, 3.05) is 12.0 Å². The second kappa shape index (κ2) is 9.17. The van der Waals surface area contributed by atoms with Crippen molar-refractivity contribution in [2.24, 2.45) is 0 Å². The maximum absolute atomic E-state index is 12.5. The van der Waals surface area contributed by atoms with E-state index >= 15 is 0 Å². The Morgan fingerprint density at radius 3 is 2.47 bits per heavy atom. The summed E-state index contributed by atoms with van der Waals surface area (Å²) in [6, 6.07) is 10.8. The van der Waals surface area contributed by atoms with Gasteiger partial charge in [0.15, 0.2) is 5.43 Å². The number of carbonyl (C=O) groups excluding carboxylic acids is 1. The molecular weight excluding hydrogens is 402 g/mol. The summed E-state index contributed by atoms with van der Waals surface area (Å²) in [5, 5.41) is 12.4. The Hall–Kier alpha value is -3.06. The first-order valence-corrected chi connectivity index (χ1v) is 10.9. The van der Waals surface area contributed by atoms with Crippen molar-refractivity contribution in [1.29, 1.82) is 0 Å². The molecule has 0 bridgehead atoms. The number of carbonyl (C=O) groups is 2. The molecule has 1 amide bonds. The molecule has 1 aromatic heterocycles. The van der Waals surface area contributed by atoms with Crippen molar-refractivity contribution in [3.63, 3.8) is 0 Å². The van der Waals surface area contributed by atoms with Crippen LogP contribution in [0.3, 0.4) is 0 Å². The topological polar surface area (TPSA) is 96.6 Å². The van der Waals surface area contributed by atoms with Gasteiger partial charge in [0.25, 0.3) is 5.91 Å². The first-order valence-electron chi connectivity index (χ1n) is 9.48. The molecule has 2 N–H and O–H groups in total. The van der Waals surface area contributed by atoms with E-state index < -0.39 is 17.9 Å². The predicted molar refractivity (Wildman–Crippen MR) is 119 cm³/mol. The van der Waals surface area contributed by atoms with Gasteiger partial charge < -0.3 is 14.8 Å². The first-order chi connectivity index (χ1) is 14.3. The summed E-state index contributed by atoms with van der Waals surface area (Å²) in [5.74, 6) is -0.468. The van der Waals surface area contributed by atoms with Crippen LogP contribution in [0.1, 0.15) is 27.9 Å². The summed E-state index contributed by atoms with van der Waals surface area (Å²) in [4.78, 5) is 36.3. The summed E-state index contributed by atoms with van der Waals surface area (Å²) in [6.07, 6.45) is 2.23. The third kappa shape index (κ3) is 4.74. The molecule has 0 aliphatic carbocycles. The highest BCUT2D eigenvalue weighted by Gasteiger charge is 2.20. The molecule has 0 spiro atoms. The van der Waals surface area contributed by atoms with Gasteiger partial charge in [-0.15, -0.1) is 0 Å². The molecule has 3 rings (SSSR count). The maximum atomic E-state index is 12.5. The van der Waals surface area contributed by atoms with Gasteiger partial charge in [-0.1, -0.05) is 18.2 Å². The largest absolute Gasteiger partial charge is 0.480 e. The van der Waals surface area contributed by atoms with E-state index in [4.69, 9.17) is 4.42 Å². The molecular formula is C23H23NO5S. The molecule has 6 nitrogen and oxygen atoms in total. The van der Waals surface area contributed by atoms with Gasteiger partial charge in [-0.25, -0.2) is 4.79 Å². The Kier molecular flexibility index (Phi) is 6.62. The molecule has 7 heteroatoms. The Bertz CT molecular complexity index is 1150. The molecule has 30 heavy (non-hydrogen) atoms. The lowest BCUT2D eigenvalue weighted by molar-refractivity contribution is -0.139. The zero-order valence-electron chi connectivity index (χ0n) is 17.0. The van der Waals surface area contributed by atoms with Gasteiger partial charge in [0.2, 0.25) is 0 Å². The second-order valence-corrected chi connectivity index (χ2v) is 8.14. The molecule has 1 heterocycles. The minimum Gasteiger partial charge on any atom is -0.480 e. The number of aryl methyl sites for hydroxylation is 2. The zero-order chi connectivity index (χ0) is 21.8. The van der Waals surface area contributed by atoms with Crippen LogP contribution in [0.15, 0.2) is 51.7 Å². The van der Waals surface area contributed by atoms with Gasteiger partial charge in [0, 0.05) is 17.2 Å². The molecule has 0 saturated heterocycles. The Balaban J connectivity index is 1.86. The van der Waals surface area contributed by atoms with E-state index in [1.54, 1.807) is 30.3 Å². The molecule has 0 aliphatic rings. The van der Waals surface area contributed by atoms with Crippen LogP contribution < -0.4 is 10.7 Å². The van der Waals surface area contributed by atoms with Crippen LogP contribution in [-0.4, -0.2) is 35.0 Å². The summed E-state index contributed by atoms with van der Waals surface area (Å²) in [7, 11) is 0. The first kappa shape index (κ1) is 21.6. The third-order valence-electron chi connectivity index (χ3n) is 4.80. The fourth-order valence-corrected chi connectivity index (χ4v) is 3.74. The van der Waals surface area contributed by atoms with Crippen LogP contribution in [0.25, 0.3) is 22.3 Å². The summed E-state index contributed by atoms with van der Waals surface area (Å²) in [6.45, 7) is 3.82. The van der Waals surface area contributed by atoms with Crippen LogP contribution in [-0.2, 0) is 4.79 Å². The van der Waals surface area contributed by atoms with E-state index in [-0.39, 0.29) is 5.43 Å². The molecule has 3 aromatic rings. The lowest BCUT2D eigenvalue weighted by Crippen LogP contribution is -2.41. The summed E-state index contributed by atoms with van der Waals surface area (Å²) >= 11 is 1.52. The molecule has 1 atom stereocenters. The van der Waals surface area contributed by atoms with E-state index in [1.165, 1.54) is 17.8 Å². The monoisotopic (exact) mass is 425 g/mol. The van der Waals surface area contributed by atoms with Crippen LogP contribution >= 0.6 is 11.8 Å². The van der Waals surface area contributed by atoms with Crippen LogP contribution in [0.5, 0.6) is 0 Å². The number of hydrogen-bond acceptors (Lipinski definition) is 5. The van der Waals surface area contributed by atoms with E-state index in [1.807, 2.05) is 26.2 Å². The normalized spacial score (nSPS) is 12.0. The van der Waals surface area contributed by atoms with Gasteiger partial charge >= 0.3 is 5.97 Å². The van der Waals surface area contributed by atoms with Crippen LogP contribution in [0, 0.1) is 13.8 Å². The van der Waals surface area contributed by atoms with Crippen molar-refractivity contribution in [1.82, 2.24) is 5.32 Å². The highest BCUT2D eigenvalue weighted by molar-refractivity contribution is 7.98. The van der Waals surface area contributed by atoms with Crippen LogP contribution in [0.4, 0.5) is 0 Å². The third-order valence-corrected chi connectivity index (χ3v) is 5.45. The number of rotatable bonds is 7. The molecule has 2 aromatic carbocycles. The number of thioether (sulfide) groups is 1. The average molecular weight is 426 g/mol. The Morgan fingerprint density at radius 2 is 1.83 bits per heavy atom. The second-order valence-electron chi connectivity index (χ2n) is 7.16. The lowest BCUT2D eigenvalue weighted by Gasteiger charge is -2.14. The number of carboxylic acid groups (broad SMARTS) is 1. The van der Waals surface area contributed by atoms with E-state index in [9.17, 15) is 19.5 Å². The minimum atomic E-state index is -1.06. The fraction of sp³-hybridized carbons (Fsp3) is 0.261. The van der Waals surface area contributed by atoms with Gasteiger partial charge in [0.05, 0.1) is 5.39 Å². The van der Waals surface area contributed by atoms with Gasteiger partial charge in [0.1, 0.15) is 17.4 Å². The number of aliphatic carboxylic acids is 1. The number of amides is 1. The standard InChI is InChI=1S/C23H23NO5S/c1-13-10-14(2)21-17(11-13)19(25)12-20(29-21)15-4-6-16(7-5-15)22(26)24-18(23(27)28)8-9-30-3/h4-7,10-12,18H,8-9H2,1-3H3,(H,24,26)(H,27,28). The van der Waals surface area contributed by atoms with Crippen molar-refractivity contribution < 1.29 is 19.1 Å². The highest BCUT2D eigenvalue weighted by atomic mass is 32.2. The fourth-order valence-electron chi connectivity index (χ4n) is 3.27. The predicted octanol–water partition coefficient (Wildman–Crippen LogP) is 4.01. The molecule has 0 fully saturated rings. The SMILES string of the molecule is CSCCC(NC(=O)c1ccc(-c2cc(=O)c3cc(C)cc(C)c3o2)cc1)C(=O)O. The van der Waals surface area contributed by atoms with Crippen LogP contribution in [0.2, 0.25) is 0 Å². The number of hydrogen-bond donors (Lipinski definition) is 2. The number of carboxylic acids is 1. The average Bonchev–Trinajstić information content (AvgIpc) is 2.71. The molecule has 0 radical (unpaired) electrons. The van der Waals surface area contributed by atoms with Crippen molar-refractivity contribution in [3.8, 4) is 11.3 Å².